The van der Waals surface area contributed by atoms with Gasteiger partial charge in [0.05, 0.1) is 22.5 Å². The smallest absolute Gasteiger partial charge is 0.328 e. The SMILES string of the molecule is CN1C(=O)N(Cc2ccc(Cl)c(Cl)c2)C(=O)C2C1N=C(N[C@@H]1CC[C@@H](C(=O)O)C1)N2C. The lowest BCUT2D eigenvalue weighted by Gasteiger charge is -2.40. The zero-order valence-corrected chi connectivity index (χ0v) is 18.6. The first-order valence-corrected chi connectivity index (χ1v) is 10.7. The molecule has 1 aromatic rings. The number of carbonyl (C=O) groups excluding carboxylic acids is 2. The third kappa shape index (κ3) is 3.92. The number of likely N-dealkylation sites (N-methyl/N-ethyl adjacent to an activating group) is 2. The molecule has 1 aromatic carbocycles. The van der Waals surface area contributed by atoms with Gasteiger partial charge in [0.2, 0.25) is 0 Å². The minimum absolute atomic E-state index is 0.0362. The zero-order chi connectivity index (χ0) is 22.4. The number of urea groups is 1. The second-order valence-electron chi connectivity index (χ2n) is 8.18. The molecule has 1 aliphatic carbocycles. The van der Waals surface area contributed by atoms with Crippen LogP contribution in [0.15, 0.2) is 23.2 Å². The number of rotatable bonds is 4. The fraction of sp³-hybridized carbons (Fsp3) is 0.500. The van der Waals surface area contributed by atoms with Crippen molar-refractivity contribution in [2.75, 3.05) is 14.1 Å². The minimum atomic E-state index is -0.793. The summed E-state index contributed by atoms with van der Waals surface area (Å²) in [6.07, 6.45) is 1.18. The first-order chi connectivity index (χ1) is 14.7. The van der Waals surface area contributed by atoms with E-state index in [2.05, 4.69) is 10.3 Å². The molecular formula is C20H23Cl2N5O4. The van der Waals surface area contributed by atoms with Crippen molar-refractivity contribution in [3.05, 3.63) is 33.8 Å². The summed E-state index contributed by atoms with van der Waals surface area (Å²) in [5.74, 6) is -1.02. The number of imide groups is 1. The Bertz CT molecular complexity index is 971. The Morgan fingerprint density at radius 2 is 1.94 bits per heavy atom. The van der Waals surface area contributed by atoms with Gasteiger partial charge >= 0.3 is 12.0 Å². The van der Waals surface area contributed by atoms with E-state index in [-0.39, 0.29) is 24.4 Å². The van der Waals surface area contributed by atoms with E-state index in [0.717, 1.165) is 0 Å². The van der Waals surface area contributed by atoms with Gasteiger partial charge in [-0.1, -0.05) is 29.3 Å². The quantitative estimate of drug-likeness (QED) is 0.702. The van der Waals surface area contributed by atoms with Gasteiger partial charge in [-0.2, -0.15) is 0 Å². The monoisotopic (exact) mass is 467 g/mol. The average Bonchev–Trinajstić information content (AvgIpc) is 3.32. The summed E-state index contributed by atoms with van der Waals surface area (Å²) in [4.78, 5) is 46.3. The number of amides is 3. The van der Waals surface area contributed by atoms with Crippen molar-refractivity contribution in [1.29, 1.82) is 0 Å². The summed E-state index contributed by atoms with van der Waals surface area (Å²) in [6.45, 7) is 0.0711. The van der Waals surface area contributed by atoms with Crippen molar-refractivity contribution in [2.24, 2.45) is 10.9 Å². The van der Waals surface area contributed by atoms with Crippen LogP contribution in [0.25, 0.3) is 0 Å². The summed E-state index contributed by atoms with van der Waals surface area (Å²) < 4.78 is 0. The summed E-state index contributed by atoms with van der Waals surface area (Å²) in [7, 11) is 3.36. The molecule has 2 aliphatic heterocycles. The van der Waals surface area contributed by atoms with Gasteiger partial charge < -0.3 is 20.2 Å². The van der Waals surface area contributed by atoms with E-state index in [4.69, 9.17) is 23.2 Å². The topological polar surface area (TPSA) is 106 Å². The van der Waals surface area contributed by atoms with Gasteiger partial charge in [0, 0.05) is 20.1 Å². The molecule has 3 aliphatic rings. The number of aliphatic carboxylic acids is 1. The van der Waals surface area contributed by atoms with E-state index in [9.17, 15) is 19.5 Å². The van der Waals surface area contributed by atoms with Gasteiger partial charge in [-0.3, -0.25) is 14.5 Å². The molecule has 31 heavy (non-hydrogen) atoms. The van der Waals surface area contributed by atoms with Crippen molar-refractivity contribution in [2.45, 2.75) is 44.1 Å². The number of nitrogens with one attached hydrogen (secondary N) is 1. The number of hydrogen-bond acceptors (Lipinski definition) is 6. The Morgan fingerprint density at radius 1 is 1.19 bits per heavy atom. The predicted molar refractivity (Wildman–Crippen MR) is 115 cm³/mol. The minimum Gasteiger partial charge on any atom is -0.481 e. The number of hydrogen-bond donors (Lipinski definition) is 2. The molecular weight excluding hydrogens is 445 g/mol. The maximum absolute atomic E-state index is 13.3. The summed E-state index contributed by atoms with van der Waals surface area (Å²) in [6, 6.07) is 3.85. The maximum atomic E-state index is 13.3. The molecule has 166 valence electrons. The number of carboxylic acid groups (broad SMARTS) is 1. The van der Waals surface area contributed by atoms with Crippen LogP contribution in [-0.2, 0) is 16.1 Å². The van der Waals surface area contributed by atoms with Crippen molar-refractivity contribution in [3.8, 4) is 0 Å². The van der Waals surface area contributed by atoms with E-state index >= 15 is 0 Å². The Hall–Kier alpha value is -2.52. The van der Waals surface area contributed by atoms with Crippen molar-refractivity contribution in [1.82, 2.24) is 20.0 Å². The lowest BCUT2D eigenvalue weighted by molar-refractivity contribution is -0.141. The number of carbonyl (C=O) groups is 3. The lowest BCUT2D eigenvalue weighted by Crippen LogP contribution is -2.64. The highest BCUT2D eigenvalue weighted by atomic mass is 35.5. The third-order valence-corrected chi connectivity index (χ3v) is 6.92. The molecule has 4 rings (SSSR count). The Morgan fingerprint density at radius 3 is 2.58 bits per heavy atom. The second kappa shape index (κ2) is 8.20. The molecule has 11 heteroatoms. The van der Waals surface area contributed by atoms with Gasteiger partial charge in [0.25, 0.3) is 5.91 Å². The number of halogens is 2. The average molecular weight is 468 g/mol. The molecule has 2 fully saturated rings. The van der Waals surface area contributed by atoms with Gasteiger partial charge in [0.15, 0.2) is 18.2 Å². The summed E-state index contributed by atoms with van der Waals surface area (Å²) in [5, 5.41) is 13.2. The molecule has 1 saturated heterocycles. The fourth-order valence-corrected chi connectivity index (χ4v) is 4.71. The summed E-state index contributed by atoms with van der Waals surface area (Å²) >= 11 is 12.0. The molecule has 0 radical (unpaired) electrons. The maximum Gasteiger partial charge on any atom is 0.328 e. The van der Waals surface area contributed by atoms with Gasteiger partial charge in [-0.15, -0.1) is 0 Å². The van der Waals surface area contributed by atoms with Crippen LogP contribution >= 0.6 is 23.2 Å². The predicted octanol–water partition coefficient (Wildman–Crippen LogP) is 2.23. The molecule has 0 aromatic heterocycles. The van der Waals surface area contributed by atoms with Crippen LogP contribution in [-0.4, -0.2) is 76.0 Å². The number of guanidine groups is 1. The lowest BCUT2D eigenvalue weighted by atomic mass is 10.1. The van der Waals surface area contributed by atoms with Crippen LogP contribution in [0.5, 0.6) is 0 Å². The Labute approximate surface area is 189 Å². The van der Waals surface area contributed by atoms with E-state index in [0.29, 0.717) is 40.8 Å². The third-order valence-electron chi connectivity index (χ3n) is 6.18. The highest BCUT2D eigenvalue weighted by Gasteiger charge is 2.51. The highest BCUT2D eigenvalue weighted by molar-refractivity contribution is 6.42. The largest absolute Gasteiger partial charge is 0.481 e. The normalized spacial score (nSPS) is 28.1. The standard InChI is InChI=1S/C20H23Cl2N5O4/c1-25-15-16(24-19(25)23-12-5-4-11(8-12)18(29)30)26(2)20(31)27(17(15)28)9-10-3-6-13(21)14(22)7-10/h3,6-7,11-12,15-16H,4-5,8-9H2,1-2H3,(H,23,24)(H,29,30)/t11-,12-,15?,16?/m1/s1. The molecule has 0 bridgehead atoms. The van der Waals surface area contributed by atoms with Crippen LogP contribution < -0.4 is 5.32 Å². The summed E-state index contributed by atoms with van der Waals surface area (Å²) in [5.41, 5.74) is 0.688. The fourth-order valence-electron chi connectivity index (χ4n) is 4.39. The van der Waals surface area contributed by atoms with Gasteiger partial charge in [-0.25, -0.2) is 9.79 Å². The van der Waals surface area contributed by atoms with Crippen LogP contribution in [0.2, 0.25) is 10.0 Å². The number of carboxylic acids is 1. The van der Waals surface area contributed by atoms with Crippen molar-refractivity contribution < 1.29 is 19.5 Å². The number of fused-ring (bicyclic) bond motifs is 1. The molecule has 2 unspecified atom stereocenters. The zero-order valence-electron chi connectivity index (χ0n) is 17.1. The number of aliphatic imine (C=N–C) groups is 1. The Kier molecular flexibility index (Phi) is 5.74. The molecule has 2 N–H and O–H groups in total. The van der Waals surface area contributed by atoms with Crippen LogP contribution in [0.4, 0.5) is 4.79 Å². The molecule has 0 spiro atoms. The first-order valence-electron chi connectivity index (χ1n) is 9.99. The van der Waals surface area contributed by atoms with E-state index in [1.165, 1.54) is 9.80 Å². The van der Waals surface area contributed by atoms with E-state index < -0.39 is 24.2 Å². The van der Waals surface area contributed by atoms with E-state index in [1.54, 1.807) is 37.2 Å². The number of benzene rings is 1. The van der Waals surface area contributed by atoms with E-state index in [1.807, 2.05) is 0 Å². The van der Waals surface area contributed by atoms with Crippen LogP contribution in [0.3, 0.4) is 0 Å². The van der Waals surface area contributed by atoms with Crippen molar-refractivity contribution >= 4 is 47.1 Å². The van der Waals surface area contributed by atoms with Crippen molar-refractivity contribution in [3.63, 3.8) is 0 Å². The second-order valence-corrected chi connectivity index (χ2v) is 8.99. The first kappa shape index (κ1) is 21.7. The molecule has 3 amide bonds. The molecule has 4 atom stereocenters. The van der Waals surface area contributed by atoms with Crippen LogP contribution in [0, 0.1) is 5.92 Å². The molecule has 2 heterocycles. The van der Waals surface area contributed by atoms with Gasteiger partial charge in [0.1, 0.15) is 0 Å². The highest BCUT2D eigenvalue weighted by Crippen LogP contribution is 2.30. The number of nitrogens with zero attached hydrogens (tertiary/aromatic N) is 4. The molecule has 9 nitrogen and oxygen atoms in total. The van der Waals surface area contributed by atoms with Crippen LogP contribution in [0.1, 0.15) is 24.8 Å². The van der Waals surface area contributed by atoms with Gasteiger partial charge in [-0.05, 0) is 37.0 Å². The molecule has 1 saturated carbocycles. The Balaban J connectivity index is 1.50.